The van der Waals surface area contributed by atoms with E-state index < -0.39 is 0 Å². The number of aryl methyl sites for hydroxylation is 3. The molecular weight excluding hydrogens is 226 g/mol. The summed E-state index contributed by atoms with van der Waals surface area (Å²) in [4.78, 5) is 0. The summed E-state index contributed by atoms with van der Waals surface area (Å²) >= 11 is 0. The summed E-state index contributed by atoms with van der Waals surface area (Å²) in [7, 11) is 1.89. The van der Waals surface area contributed by atoms with Crippen molar-refractivity contribution in [2.75, 3.05) is 0 Å². The Balaban J connectivity index is 2.15. The zero-order valence-corrected chi connectivity index (χ0v) is 10.8. The molecule has 2 rings (SSSR count). The molecule has 1 aromatic carbocycles. The first kappa shape index (κ1) is 12.2. The molecule has 1 heterocycles. The van der Waals surface area contributed by atoms with Crippen LogP contribution in [-0.4, -0.2) is 9.78 Å². The molecule has 1 aromatic heterocycles. The van der Waals surface area contributed by atoms with Gasteiger partial charge in [-0.2, -0.15) is 10.4 Å². The van der Waals surface area contributed by atoms with Gasteiger partial charge in [0, 0.05) is 7.05 Å². The Morgan fingerprint density at radius 3 is 2.72 bits per heavy atom. The normalized spacial score (nSPS) is 10.1. The molecule has 0 aliphatic heterocycles. The molecule has 0 amide bonds. The van der Waals surface area contributed by atoms with Crippen LogP contribution in [0.15, 0.2) is 24.3 Å². The number of benzene rings is 1. The lowest BCUT2D eigenvalue weighted by Crippen LogP contribution is -2.03. The van der Waals surface area contributed by atoms with Crippen molar-refractivity contribution >= 4 is 0 Å². The second-order valence-electron chi connectivity index (χ2n) is 4.28. The first-order valence-corrected chi connectivity index (χ1v) is 5.73. The SMILES string of the molecule is Cc1cc(COc2cc(C#N)ccc2C)n(C)n1. The number of hydrogen-bond donors (Lipinski definition) is 0. The first-order chi connectivity index (χ1) is 8.60. The minimum absolute atomic E-state index is 0.451. The molecule has 0 N–H and O–H groups in total. The van der Waals surface area contributed by atoms with E-state index in [0.29, 0.717) is 12.2 Å². The average molecular weight is 241 g/mol. The Hall–Kier alpha value is -2.28. The molecule has 92 valence electrons. The molecule has 0 saturated heterocycles. The number of aromatic nitrogens is 2. The summed E-state index contributed by atoms with van der Waals surface area (Å²) in [6.45, 7) is 4.36. The number of ether oxygens (including phenoxy) is 1. The van der Waals surface area contributed by atoms with Gasteiger partial charge >= 0.3 is 0 Å². The Morgan fingerprint density at radius 1 is 1.33 bits per heavy atom. The molecule has 0 atom stereocenters. The van der Waals surface area contributed by atoms with Crippen molar-refractivity contribution in [3.8, 4) is 11.8 Å². The predicted octanol–water partition coefficient (Wildman–Crippen LogP) is 2.49. The van der Waals surface area contributed by atoms with E-state index >= 15 is 0 Å². The smallest absolute Gasteiger partial charge is 0.130 e. The number of hydrogen-bond acceptors (Lipinski definition) is 3. The van der Waals surface area contributed by atoms with E-state index in [4.69, 9.17) is 10.00 Å². The van der Waals surface area contributed by atoms with E-state index in [1.807, 2.05) is 33.0 Å². The lowest BCUT2D eigenvalue weighted by molar-refractivity contribution is 0.293. The van der Waals surface area contributed by atoms with Crippen LogP contribution in [-0.2, 0) is 13.7 Å². The zero-order chi connectivity index (χ0) is 13.1. The van der Waals surface area contributed by atoms with Gasteiger partial charge in [0.15, 0.2) is 0 Å². The van der Waals surface area contributed by atoms with Gasteiger partial charge < -0.3 is 4.74 Å². The third-order valence-electron chi connectivity index (χ3n) is 2.79. The monoisotopic (exact) mass is 241 g/mol. The lowest BCUT2D eigenvalue weighted by atomic mass is 10.1. The first-order valence-electron chi connectivity index (χ1n) is 5.73. The molecule has 4 nitrogen and oxygen atoms in total. The van der Waals surface area contributed by atoms with Crippen molar-refractivity contribution in [3.63, 3.8) is 0 Å². The molecule has 0 aliphatic carbocycles. The van der Waals surface area contributed by atoms with Gasteiger partial charge in [0.25, 0.3) is 0 Å². The predicted molar refractivity (Wildman–Crippen MR) is 68.2 cm³/mol. The van der Waals surface area contributed by atoms with E-state index in [1.165, 1.54) is 0 Å². The Labute approximate surface area is 106 Å². The van der Waals surface area contributed by atoms with Crippen molar-refractivity contribution in [1.82, 2.24) is 9.78 Å². The largest absolute Gasteiger partial charge is 0.487 e. The molecule has 0 aliphatic rings. The van der Waals surface area contributed by atoms with Crippen LogP contribution in [0.5, 0.6) is 5.75 Å². The van der Waals surface area contributed by atoms with Crippen molar-refractivity contribution < 1.29 is 4.74 Å². The minimum atomic E-state index is 0.451. The topological polar surface area (TPSA) is 50.8 Å². The number of nitrogens with zero attached hydrogens (tertiary/aromatic N) is 3. The highest BCUT2D eigenvalue weighted by molar-refractivity contribution is 5.41. The summed E-state index contributed by atoms with van der Waals surface area (Å²) in [6, 6.07) is 9.54. The molecule has 0 unspecified atom stereocenters. The van der Waals surface area contributed by atoms with Gasteiger partial charge in [0.05, 0.1) is 23.0 Å². The van der Waals surface area contributed by atoms with Gasteiger partial charge in [-0.3, -0.25) is 4.68 Å². The molecule has 0 bridgehead atoms. The zero-order valence-electron chi connectivity index (χ0n) is 10.8. The Bertz CT molecular complexity index is 608. The van der Waals surface area contributed by atoms with Crippen LogP contribution in [0.3, 0.4) is 0 Å². The highest BCUT2D eigenvalue weighted by atomic mass is 16.5. The van der Waals surface area contributed by atoms with Crippen LogP contribution < -0.4 is 4.74 Å². The Morgan fingerprint density at radius 2 is 2.11 bits per heavy atom. The van der Waals surface area contributed by atoms with Crippen molar-refractivity contribution in [2.45, 2.75) is 20.5 Å². The van der Waals surface area contributed by atoms with Crippen LogP contribution >= 0.6 is 0 Å². The fraction of sp³-hybridized carbons (Fsp3) is 0.286. The van der Waals surface area contributed by atoms with Crippen LogP contribution in [0, 0.1) is 25.2 Å². The van der Waals surface area contributed by atoms with Gasteiger partial charge in [-0.25, -0.2) is 0 Å². The van der Waals surface area contributed by atoms with E-state index in [9.17, 15) is 0 Å². The standard InChI is InChI=1S/C14H15N3O/c1-10-4-5-12(8-15)7-14(10)18-9-13-6-11(2)16-17(13)3/h4-7H,9H2,1-3H3. The second kappa shape index (κ2) is 4.92. The number of nitriles is 1. The summed E-state index contributed by atoms with van der Waals surface area (Å²) in [5, 5.41) is 13.1. The molecule has 0 spiro atoms. The quantitative estimate of drug-likeness (QED) is 0.829. The van der Waals surface area contributed by atoms with Gasteiger partial charge in [0.1, 0.15) is 12.4 Å². The summed E-state index contributed by atoms with van der Waals surface area (Å²) in [5.74, 6) is 0.743. The summed E-state index contributed by atoms with van der Waals surface area (Å²) < 4.78 is 7.55. The maximum atomic E-state index is 8.87. The molecule has 0 fully saturated rings. The maximum Gasteiger partial charge on any atom is 0.130 e. The molecular formula is C14H15N3O. The molecule has 18 heavy (non-hydrogen) atoms. The molecule has 2 aromatic rings. The summed E-state index contributed by atoms with van der Waals surface area (Å²) in [6.07, 6.45) is 0. The maximum absolute atomic E-state index is 8.87. The Kier molecular flexibility index (Phi) is 3.33. The van der Waals surface area contributed by atoms with E-state index in [1.54, 1.807) is 16.8 Å². The van der Waals surface area contributed by atoms with Crippen LogP contribution in [0.1, 0.15) is 22.5 Å². The van der Waals surface area contributed by atoms with Crippen molar-refractivity contribution in [3.05, 3.63) is 46.8 Å². The van der Waals surface area contributed by atoms with Gasteiger partial charge in [0.2, 0.25) is 0 Å². The number of rotatable bonds is 3. The lowest BCUT2D eigenvalue weighted by Gasteiger charge is -2.09. The van der Waals surface area contributed by atoms with Crippen LogP contribution in [0.2, 0.25) is 0 Å². The van der Waals surface area contributed by atoms with E-state index in [0.717, 1.165) is 22.7 Å². The molecule has 4 heteroatoms. The van der Waals surface area contributed by atoms with E-state index in [2.05, 4.69) is 11.2 Å². The van der Waals surface area contributed by atoms with Gasteiger partial charge in [-0.1, -0.05) is 6.07 Å². The minimum Gasteiger partial charge on any atom is -0.487 e. The average Bonchev–Trinajstić information content (AvgIpc) is 2.67. The van der Waals surface area contributed by atoms with E-state index in [-0.39, 0.29) is 0 Å². The molecule has 0 saturated carbocycles. The van der Waals surface area contributed by atoms with Gasteiger partial charge in [-0.05, 0) is 37.6 Å². The second-order valence-corrected chi connectivity index (χ2v) is 4.28. The highest BCUT2D eigenvalue weighted by Gasteiger charge is 2.05. The van der Waals surface area contributed by atoms with Crippen LogP contribution in [0.25, 0.3) is 0 Å². The molecule has 0 radical (unpaired) electrons. The highest BCUT2D eigenvalue weighted by Crippen LogP contribution is 2.20. The van der Waals surface area contributed by atoms with Gasteiger partial charge in [-0.15, -0.1) is 0 Å². The fourth-order valence-corrected chi connectivity index (χ4v) is 1.78. The van der Waals surface area contributed by atoms with Crippen LogP contribution in [0.4, 0.5) is 0 Å². The fourth-order valence-electron chi connectivity index (χ4n) is 1.78. The van der Waals surface area contributed by atoms with Crippen molar-refractivity contribution in [2.24, 2.45) is 7.05 Å². The third kappa shape index (κ3) is 2.51. The van der Waals surface area contributed by atoms with Crippen molar-refractivity contribution in [1.29, 1.82) is 5.26 Å². The third-order valence-corrected chi connectivity index (χ3v) is 2.79. The summed E-state index contributed by atoms with van der Waals surface area (Å²) in [5.41, 5.74) is 3.61.